The summed E-state index contributed by atoms with van der Waals surface area (Å²) < 4.78 is 0. The number of hydrogen-bond acceptors (Lipinski definition) is 3. The predicted octanol–water partition coefficient (Wildman–Crippen LogP) is 1.33. The van der Waals surface area contributed by atoms with Crippen LogP contribution in [-0.2, 0) is 4.79 Å². The summed E-state index contributed by atoms with van der Waals surface area (Å²) in [6.45, 7) is 4.64. The van der Waals surface area contributed by atoms with E-state index >= 15 is 0 Å². The van der Waals surface area contributed by atoms with Gasteiger partial charge in [0.1, 0.15) is 0 Å². The normalized spacial score (nSPS) is 18.8. The van der Waals surface area contributed by atoms with Gasteiger partial charge < -0.3 is 5.11 Å². The first-order chi connectivity index (χ1) is 8.15. The van der Waals surface area contributed by atoms with Crippen LogP contribution >= 0.6 is 0 Å². The molecule has 1 amide bonds. The number of aryl methyl sites for hydroxylation is 1. The Morgan fingerprint density at radius 3 is 2.76 bits per heavy atom. The summed E-state index contributed by atoms with van der Waals surface area (Å²) in [7, 11) is 0. The number of para-hydroxylation sites is 1. The van der Waals surface area contributed by atoms with Crippen molar-refractivity contribution in [1.82, 2.24) is 5.01 Å². The second-order valence-electron chi connectivity index (χ2n) is 4.44. The second kappa shape index (κ2) is 4.85. The largest absolute Gasteiger partial charge is 0.395 e. The van der Waals surface area contributed by atoms with Crippen molar-refractivity contribution in [3.05, 3.63) is 29.8 Å². The number of rotatable bonds is 3. The van der Waals surface area contributed by atoms with Crippen molar-refractivity contribution in [1.29, 1.82) is 0 Å². The molecule has 1 aliphatic heterocycles. The number of carbonyl (C=O) groups is 1. The zero-order valence-corrected chi connectivity index (χ0v) is 10.3. The molecule has 0 radical (unpaired) electrons. The lowest BCUT2D eigenvalue weighted by molar-refractivity contribution is -0.118. The van der Waals surface area contributed by atoms with Gasteiger partial charge in [-0.1, -0.05) is 18.2 Å². The first-order valence-electron chi connectivity index (χ1n) is 5.91. The van der Waals surface area contributed by atoms with Crippen molar-refractivity contribution in [2.45, 2.75) is 26.3 Å². The van der Waals surface area contributed by atoms with Crippen LogP contribution in [0.25, 0.3) is 0 Å². The van der Waals surface area contributed by atoms with Crippen LogP contribution in [0.2, 0.25) is 0 Å². The van der Waals surface area contributed by atoms with Crippen LogP contribution in [0.1, 0.15) is 18.9 Å². The molecule has 1 atom stereocenters. The van der Waals surface area contributed by atoms with E-state index in [4.69, 9.17) is 0 Å². The molecule has 17 heavy (non-hydrogen) atoms. The molecule has 4 heteroatoms. The number of aliphatic hydroxyl groups is 1. The van der Waals surface area contributed by atoms with Gasteiger partial charge in [-0.2, -0.15) is 0 Å². The van der Waals surface area contributed by atoms with Crippen LogP contribution in [0.15, 0.2) is 24.3 Å². The van der Waals surface area contributed by atoms with E-state index in [0.29, 0.717) is 13.0 Å². The number of amides is 1. The maximum absolute atomic E-state index is 12.0. The number of hydrogen-bond donors (Lipinski definition) is 1. The lowest BCUT2D eigenvalue weighted by atomic mass is 10.2. The molecule has 1 aromatic carbocycles. The summed E-state index contributed by atoms with van der Waals surface area (Å²) in [5.74, 6) is 0.0969. The van der Waals surface area contributed by atoms with Gasteiger partial charge in [-0.3, -0.25) is 4.79 Å². The van der Waals surface area contributed by atoms with Crippen LogP contribution in [0.4, 0.5) is 5.69 Å². The molecule has 0 spiro atoms. The molecule has 1 aliphatic rings. The Labute approximate surface area is 101 Å². The van der Waals surface area contributed by atoms with E-state index in [1.165, 1.54) is 0 Å². The molecule has 0 bridgehead atoms. The lowest BCUT2D eigenvalue weighted by Crippen LogP contribution is -2.46. The highest BCUT2D eigenvalue weighted by Crippen LogP contribution is 2.27. The average Bonchev–Trinajstić information content (AvgIpc) is 2.71. The summed E-state index contributed by atoms with van der Waals surface area (Å²) in [5, 5.41) is 12.9. The van der Waals surface area contributed by atoms with E-state index < -0.39 is 0 Å². The van der Waals surface area contributed by atoms with Gasteiger partial charge in [0.25, 0.3) is 0 Å². The van der Waals surface area contributed by atoms with Gasteiger partial charge >= 0.3 is 0 Å². The first-order valence-corrected chi connectivity index (χ1v) is 5.91. The van der Waals surface area contributed by atoms with Gasteiger partial charge in [0, 0.05) is 13.0 Å². The summed E-state index contributed by atoms with van der Waals surface area (Å²) in [6.07, 6.45) is 0.513. The molecular weight excluding hydrogens is 216 g/mol. The van der Waals surface area contributed by atoms with Crippen molar-refractivity contribution >= 4 is 11.6 Å². The fourth-order valence-electron chi connectivity index (χ4n) is 2.14. The zero-order valence-electron chi connectivity index (χ0n) is 10.3. The molecule has 1 fully saturated rings. The Morgan fingerprint density at radius 2 is 2.12 bits per heavy atom. The van der Waals surface area contributed by atoms with Crippen molar-refractivity contribution in [2.24, 2.45) is 0 Å². The lowest BCUT2D eigenvalue weighted by Gasteiger charge is -2.32. The van der Waals surface area contributed by atoms with Gasteiger partial charge in [0.2, 0.25) is 5.91 Å². The third kappa shape index (κ3) is 2.18. The van der Waals surface area contributed by atoms with Gasteiger partial charge in [0.05, 0.1) is 18.3 Å². The number of benzene rings is 1. The van der Waals surface area contributed by atoms with Crippen LogP contribution in [0.3, 0.4) is 0 Å². The topological polar surface area (TPSA) is 43.8 Å². The van der Waals surface area contributed by atoms with Crippen molar-refractivity contribution < 1.29 is 9.90 Å². The minimum atomic E-state index is -0.0407. The van der Waals surface area contributed by atoms with E-state index in [1.54, 1.807) is 5.01 Å². The van der Waals surface area contributed by atoms with Gasteiger partial charge in [-0.15, -0.1) is 0 Å². The molecule has 0 saturated carbocycles. The number of nitrogens with zero attached hydrogens (tertiary/aromatic N) is 2. The Morgan fingerprint density at radius 1 is 1.41 bits per heavy atom. The number of aliphatic hydroxyl groups excluding tert-OH is 1. The minimum Gasteiger partial charge on any atom is -0.395 e. The number of anilines is 1. The highest BCUT2D eigenvalue weighted by Gasteiger charge is 2.33. The van der Waals surface area contributed by atoms with Crippen LogP contribution < -0.4 is 5.01 Å². The van der Waals surface area contributed by atoms with Crippen molar-refractivity contribution in [3.8, 4) is 0 Å². The van der Waals surface area contributed by atoms with Gasteiger partial charge in [-0.05, 0) is 25.5 Å². The highest BCUT2D eigenvalue weighted by atomic mass is 16.3. The fourth-order valence-corrected chi connectivity index (χ4v) is 2.14. The number of hydrazine groups is 1. The fraction of sp³-hybridized carbons (Fsp3) is 0.462. The Bertz CT molecular complexity index is 420. The highest BCUT2D eigenvalue weighted by molar-refractivity contribution is 5.95. The maximum atomic E-state index is 12.0. The van der Waals surface area contributed by atoms with E-state index in [-0.39, 0.29) is 18.6 Å². The zero-order chi connectivity index (χ0) is 12.4. The third-order valence-electron chi connectivity index (χ3n) is 3.16. The van der Waals surface area contributed by atoms with E-state index in [1.807, 2.05) is 43.1 Å². The minimum absolute atomic E-state index is 0.0407. The number of carbonyl (C=O) groups excluding carboxylic acids is 1. The molecule has 1 unspecified atom stereocenters. The SMILES string of the molecule is Cc1ccccc1N1C(=O)CCN1C(C)CO. The van der Waals surface area contributed by atoms with Gasteiger partial charge in [0.15, 0.2) is 0 Å². The van der Waals surface area contributed by atoms with E-state index in [2.05, 4.69) is 0 Å². The monoisotopic (exact) mass is 234 g/mol. The molecule has 4 nitrogen and oxygen atoms in total. The smallest absolute Gasteiger partial charge is 0.242 e. The second-order valence-corrected chi connectivity index (χ2v) is 4.44. The van der Waals surface area contributed by atoms with Crippen molar-refractivity contribution in [2.75, 3.05) is 18.2 Å². The van der Waals surface area contributed by atoms with Crippen LogP contribution in [0, 0.1) is 6.92 Å². The molecule has 1 saturated heterocycles. The Balaban J connectivity index is 2.34. The van der Waals surface area contributed by atoms with Gasteiger partial charge in [-0.25, -0.2) is 10.0 Å². The molecule has 0 aliphatic carbocycles. The molecule has 92 valence electrons. The summed E-state index contributed by atoms with van der Waals surface area (Å²) in [5.41, 5.74) is 1.98. The molecule has 1 heterocycles. The van der Waals surface area contributed by atoms with Crippen molar-refractivity contribution in [3.63, 3.8) is 0 Å². The van der Waals surface area contributed by atoms with Crippen LogP contribution in [-0.4, -0.2) is 35.2 Å². The Hall–Kier alpha value is -1.39. The predicted molar refractivity (Wildman–Crippen MR) is 66.5 cm³/mol. The first kappa shape index (κ1) is 12.1. The molecular formula is C13H18N2O2. The molecule has 2 rings (SSSR count). The standard InChI is InChI=1S/C13H18N2O2/c1-10-5-3-4-6-12(10)15-13(17)7-8-14(15)11(2)9-16/h3-6,11,16H,7-9H2,1-2H3. The van der Waals surface area contributed by atoms with E-state index in [0.717, 1.165) is 11.3 Å². The quantitative estimate of drug-likeness (QED) is 0.858. The summed E-state index contributed by atoms with van der Waals surface area (Å²) in [6, 6.07) is 7.77. The molecule has 1 N–H and O–H groups in total. The maximum Gasteiger partial charge on any atom is 0.242 e. The average molecular weight is 234 g/mol. The molecule has 1 aromatic rings. The Kier molecular flexibility index (Phi) is 3.45. The third-order valence-corrected chi connectivity index (χ3v) is 3.16. The summed E-state index contributed by atoms with van der Waals surface area (Å²) >= 11 is 0. The molecule has 0 aromatic heterocycles. The van der Waals surface area contributed by atoms with E-state index in [9.17, 15) is 9.90 Å². The van der Waals surface area contributed by atoms with Crippen LogP contribution in [0.5, 0.6) is 0 Å². The summed E-state index contributed by atoms with van der Waals surface area (Å²) in [4.78, 5) is 12.0.